The van der Waals surface area contributed by atoms with Crippen LogP contribution in [0.4, 0.5) is 0 Å². The minimum Gasteiger partial charge on any atom is -0.465 e. The smallest absolute Gasteiger partial charge is 0.325 e. The topological polar surface area (TPSA) is 81.4 Å². The first-order valence-electron chi connectivity index (χ1n) is 5.39. The Labute approximate surface area is 99.9 Å². The number of rotatable bonds is 5. The van der Waals surface area contributed by atoms with E-state index in [1.807, 2.05) is 6.07 Å². The van der Waals surface area contributed by atoms with Crippen molar-refractivity contribution in [1.82, 2.24) is 5.32 Å². The normalized spacial score (nSPS) is 11.6. The Balaban J connectivity index is 2.45. The quantitative estimate of drug-likeness (QED) is 0.723. The molecule has 0 bridgehead atoms. The van der Waals surface area contributed by atoms with Crippen LogP contribution in [0.3, 0.4) is 0 Å². The molecule has 5 nitrogen and oxygen atoms in total. The number of nitrogens with one attached hydrogen (secondary N) is 1. The van der Waals surface area contributed by atoms with E-state index in [1.165, 1.54) is 0 Å². The molecule has 0 heterocycles. The van der Waals surface area contributed by atoms with Crippen LogP contribution in [0.25, 0.3) is 0 Å². The Morgan fingerprint density at radius 1 is 1.35 bits per heavy atom. The lowest BCUT2D eigenvalue weighted by molar-refractivity contribution is -0.143. The molecule has 0 saturated heterocycles. The van der Waals surface area contributed by atoms with E-state index in [2.05, 4.69) is 10.1 Å². The van der Waals surface area contributed by atoms with Crippen molar-refractivity contribution < 1.29 is 14.3 Å². The van der Waals surface area contributed by atoms with Gasteiger partial charge in [0.05, 0.1) is 6.61 Å². The summed E-state index contributed by atoms with van der Waals surface area (Å²) in [6, 6.07) is 8.18. The average molecular weight is 236 g/mol. The van der Waals surface area contributed by atoms with Crippen LogP contribution in [0.1, 0.15) is 18.5 Å². The number of amides is 1. The maximum Gasteiger partial charge on any atom is 0.325 e. The van der Waals surface area contributed by atoms with Gasteiger partial charge < -0.3 is 15.8 Å². The van der Waals surface area contributed by atoms with E-state index < -0.39 is 17.9 Å². The Morgan fingerprint density at radius 3 is 2.59 bits per heavy atom. The van der Waals surface area contributed by atoms with Crippen LogP contribution >= 0.6 is 0 Å². The summed E-state index contributed by atoms with van der Waals surface area (Å²) in [5.74, 6) is -0.870. The predicted octanol–water partition coefficient (Wildman–Crippen LogP) is 0.366. The number of benzene rings is 1. The number of hydrogen-bond donors (Lipinski definition) is 2. The Hall–Kier alpha value is -1.88. The van der Waals surface area contributed by atoms with Gasteiger partial charge in [0.1, 0.15) is 12.6 Å². The molecule has 92 valence electrons. The van der Waals surface area contributed by atoms with Gasteiger partial charge in [-0.2, -0.15) is 0 Å². The van der Waals surface area contributed by atoms with Gasteiger partial charge in [-0.15, -0.1) is 0 Å². The fraction of sp³-hybridized carbons (Fsp3) is 0.333. The number of hydrogen-bond acceptors (Lipinski definition) is 4. The van der Waals surface area contributed by atoms with Gasteiger partial charge in [-0.05, 0) is 12.5 Å². The minimum absolute atomic E-state index is 0.160. The standard InChI is InChI=1S/C12H16N2O3/c1-2-17-10(15)8-14-12(16)11(13)9-6-4-3-5-7-9/h3-7,11H,2,8,13H2,1H3,(H,14,16). The molecule has 1 aromatic rings. The van der Waals surface area contributed by atoms with Crippen molar-refractivity contribution in [3.63, 3.8) is 0 Å². The minimum atomic E-state index is -0.773. The molecule has 0 aliphatic rings. The zero-order valence-corrected chi connectivity index (χ0v) is 9.68. The molecule has 0 aliphatic heterocycles. The second-order valence-corrected chi connectivity index (χ2v) is 3.41. The average Bonchev–Trinajstić information content (AvgIpc) is 2.36. The summed E-state index contributed by atoms with van der Waals surface area (Å²) in [5.41, 5.74) is 6.44. The van der Waals surface area contributed by atoms with Crippen molar-refractivity contribution in [2.75, 3.05) is 13.2 Å². The van der Waals surface area contributed by atoms with Crippen molar-refractivity contribution in [3.05, 3.63) is 35.9 Å². The second-order valence-electron chi connectivity index (χ2n) is 3.41. The molecule has 0 saturated carbocycles. The van der Waals surface area contributed by atoms with E-state index in [9.17, 15) is 9.59 Å². The molecule has 1 unspecified atom stereocenters. The summed E-state index contributed by atoms with van der Waals surface area (Å²) in [6.07, 6.45) is 0. The van der Waals surface area contributed by atoms with Crippen molar-refractivity contribution in [3.8, 4) is 0 Å². The monoisotopic (exact) mass is 236 g/mol. The SMILES string of the molecule is CCOC(=O)CNC(=O)C(N)c1ccccc1. The van der Waals surface area contributed by atoms with E-state index in [0.717, 1.165) is 0 Å². The largest absolute Gasteiger partial charge is 0.465 e. The third-order valence-corrected chi connectivity index (χ3v) is 2.15. The molecule has 1 aromatic carbocycles. The van der Waals surface area contributed by atoms with Crippen LogP contribution in [-0.4, -0.2) is 25.0 Å². The van der Waals surface area contributed by atoms with Gasteiger partial charge >= 0.3 is 5.97 Å². The summed E-state index contributed by atoms with van der Waals surface area (Å²) in [6.45, 7) is 1.84. The van der Waals surface area contributed by atoms with Crippen LogP contribution in [-0.2, 0) is 14.3 Å². The van der Waals surface area contributed by atoms with Crippen LogP contribution in [0.5, 0.6) is 0 Å². The highest BCUT2D eigenvalue weighted by Gasteiger charge is 2.16. The van der Waals surface area contributed by atoms with E-state index in [0.29, 0.717) is 12.2 Å². The highest BCUT2D eigenvalue weighted by Crippen LogP contribution is 2.08. The van der Waals surface area contributed by atoms with Crippen LogP contribution in [0.2, 0.25) is 0 Å². The Morgan fingerprint density at radius 2 is 2.00 bits per heavy atom. The summed E-state index contributed by atoms with van der Waals surface area (Å²) >= 11 is 0. The maximum absolute atomic E-state index is 11.6. The molecule has 1 amide bonds. The number of carbonyl (C=O) groups is 2. The van der Waals surface area contributed by atoms with E-state index in [4.69, 9.17) is 5.73 Å². The van der Waals surface area contributed by atoms with E-state index >= 15 is 0 Å². The van der Waals surface area contributed by atoms with Crippen LogP contribution < -0.4 is 11.1 Å². The van der Waals surface area contributed by atoms with Gasteiger partial charge in [-0.3, -0.25) is 9.59 Å². The fourth-order valence-electron chi connectivity index (χ4n) is 1.29. The lowest BCUT2D eigenvalue weighted by atomic mass is 10.1. The third-order valence-electron chi connectivity index (χ3n) is 2.15. The second kappa shape index (κ2) is 6.65. The molecule has 0 aromatic heterocycles. The third kappa shape index (κ3) is 4.24. The summed E-state index contributed by atoms with van der Waals surface area (Å²) in [5, 5.41) is 2.43. The predicted molar refractivity (Wildman–Crippen MR) is 63.0 cm³/mol. The molecule has 5 heteroatoms. The summed E-state index contributed by atoms with van der Waals surface area (Å²) < 4.78 is 4.68. The van der Waals surface area contributed by atoms with Crippen LogP contribution in [0, 0.1) is 0 Å². The van der Waals surface area contributed by atoms with Crippen molar-refractivity contribution in [2.24, 2.45) is 5.73 Å². The molecule has 17 heavy (non-hydrogen) atoms. The van der Waals surface area contributed by atoms with Gasteiger partial charge in [0, 0.05) is 0 Å². The summed E-state index contributed by atoms with van der Waals surface area (Å²) in [4.78, 5) is 22.6. The lowest BCUT2D eigenvalue weighted by Gasteiger charge is -2.11. The highest BCUT2D eigenvalue weighted by atomic mass is 16.5. The molecular formula is C12H16N2O3. The molecule has 0 radical (unpaired) electrons. The summed E-state index contributed by atoms with van der Waals surface area (Å²) in [7, 11) is 0. The van der Waals surface area contributed by atoms with Crippen LogP contribution in [0.15, 0.2) is 30.3 Å². The zero-order valence-electron chi connectivity index (χ0n) is 9.68. The molecule has 0 spiro atoms. The molecule has 0 fully saturated rings. The Kier molecular flexibility index (Phi) is 5.16. The highest BCUT2D eigenvalue weighted by molar-refractivity contribution is 5.86. The molecule has 1 atom stereocenters. The first-order valence-corrected chi connectivity index (χ1v) is 5.39. The molecule has 1 rings (SSSR count). The fourth-order valence-corrected chi connectivity index (χ4v) is 1.29. The van der Waals surface area contributed by atoms with Crippen molar-refractivity contribution >= 4 is 11.9 Å². The van der Waals surface area contributed by atoms with Gasteiger partial charge in [0.15, 0.2) is 0 Å². The Bertz CT molecular complexity index is 379. The number of carbonyl (C=O) groups excluding carboxylic acids is 2. The lowest BCUT2D eigenvalue weighted by Crippen LogP contribution is -2.37. The molecular weight excluding hydrogens is 220 g/mol. The molecule has 0 aliphatic carbocycles. The zero-order chi connectivity index (χ0) is 12.7. The van der Waals surface area contributed by atoms with Crippen molar-refractivity contribution in [2.45, 2.75) is 13.0 Å². The van der Waals surface area contributed by atoms with Crippen molar-refractivity contribution in [1.29, 1.82) is 0 Å². The van der Waals surface area contributed by atoms with Gasteiger partial charge in [-0.1, -0.05) is 30.3 Å². The van der Waals surface area contributed by atoms with Gasteiger partial charge in [0.25, 0.3) is 0 Å². The van der Waals surface area contributed by atoms with E-state index in [-0.39, 0.29) is 6.54 Å². The van der Waals surface area contributed by atoms with E-state index in [1.54, 1.807) is 31.2 Å². The number of nitrogens with two attached hydrogens (primary N) is 1. The van der Waals surface area contributed by atoms with Gasteiger partial charge in [-0.25, -0.2) is 0 Å². The number of esters is 1. The number of ether oxygens (including phenoxy) is 1. The first-order chi connectivity index (χ1) is 8.15. The molecule has 3 N–H and O–H groups in total. The first kappa shape index (κ1) is 13.2. The van der Waals surface area contributed by atoms with Gasteiger partial charge in [0.2, 0.25) is 5.91 Å². The maximum atomic E-state index is 11.6.